The predicted octanol–water partition coefficient (Wildman–Crippen LogP) is 3.61. The van der Waals surface area contributed by atoms with Crippen LogP contribution in [0.1, 0.15) is 11.5 Å². The van der Waals surface area contributed by atoms with Crippen LogP contribution in [-0.2, 0) is 0 Å². The van der Waals surface area contributed by atoms with Crippen molar-refractivity contribution in [2.45, 2.75) is 0 Å². The number of hydrogen-bond donors (Lipinski definition) is 1. The van der Waals surface area contributed by atoms with E-state index in [4.69, 9.17) is 4.42 Å². The molecule has 104 valence electrons. The molecule has 1 N–H and O–H groups in total. The maximum atomic E-state index is 10.5. The van der Waals surface area contributed by atoms with Gasteiger partial charge in [0, 0.05) is 5.39 Å². The number of aromatic hydroxyl groups is 1. The second-order valence-electron chi connectivity index (χ2n) is 4.35. The summed E-state index contributed by atoms with van der Waals surface area (Å²) in [6, 6.07) is 11.6. The Morgan fingerprint density at radius 1 is 1.14 bits per heavy atom. The number of nitrogens with zero attached hydrogens (tertiary/aromatic N) is 2. The minimum Gasteiger partial charge on any atom is -0.506 e. The standard InChI is InChI=1S/C15H10N2O4/c18-13-3-1-2-10-4-5-11(16-15(10)13)6-7-12-8-9-14(21-12)17(19)20/h1-9,18H/b7-6-. The van der Waals surface area contributed by atoms with Gasteiger partial charge in [-0.3, -0.25) is 10.1 Å². The van der Waals surface area contributed by atoms with Gasteiger partial charge < -0.3 is 9.52 Å². The fourth-order valence-corrected chi connectivity index (χ4v) is 1.94. The van der Waals surface area contributed by atoms with Crippen molar-refractivity contribution in [3.63, 3.8) is 0 Å². The molecule has 0 spiro atoms. The van der Waals surface area contributed by atoms with Gasteiger partial charge in [0.25, 0.3) is 0 Å². The van der Waals surface area contributed by atoms with Gasteiger partial charge in [0.15, 0.2) is 0 Å². The molecule has 1 aromatic carbocycles. The average Bonchev–Trinajstić information content (AvgIpc) is 2.95. The van der Waals surface area contributed by atoms with E-state index in [1.165, 1.54) is 12.1 Å². The summed E-state index contributed by atoms with van der Waals surface area (Å²) in [5.74, 6) is 0.163. The highest BCUT2D eigenvalue weighted by atomic mass is 16.6. The highest BCUT2D eigenvalue weighted by molar-refractivity contribution is 5.85. The fraction of sp³-hybridized carbons (Fsp3) is 0. The Hall–Kier alpha value is -3.15. The minimum absolute atomic E-state index is 0.108. The second kappa shape index (κ2) is 5.09. The van der Waals surface area contributed by atoms with E-state index >= 15 is 0 Å². The summed E-state index contributed by atoms with van der Waals surface area (Å²) < 4.78 is 5.01. The molecule has 21 heavy (non-hydrogen) atoms. The van der Waals surface area contributed by atoms with Gasteiger partial charge >= 0.3 is 5.88 Å². The summed E-state index contributed by atoms with van der Waals surface area (Å²) >= 11 is 0. The van der Waals surface area contributed by atoms with Gasteiger partial charge in [-0.1, -0.05) is 18.2 Å². The van der Waals surface area contributed by atoms with E-state index in [1.807, 2.05) is 12.1 Å². The van der Waals surface area contributed by atoms with E-state index in [1.54, 1.807) is 30.4 Å². The Bertz CT molecular complexity index is 852. The molecule has 0 aliphatic carbocycles. The molecule has 0 atom stereocenters. The third kappa shape index (κ3) is 2.59. The smallest absolute Gasteiger partial charge is 0.433 e. The lowest BCUT2D eigenvalue weighted by atomic mass is 10.2. The molecule has 2 aromatic heterocycles. The molecule has 0 unspecified atom stereocenters. The molecule has 0 aliphatic heterocycles. The van der Waals surface area contributed by atoms with Crippen molar-refractivity contribution in [1.82, 2.24) is 4.98 Å². The molecule has 2 heterocycles. The number of rotatable bonds is 3. The number of hydrogen-bond acceptors (Lipinski definition) is 5. The van der Waals surface area contributed by atoms with Gasteiger partial charge in [-0.25, -0.2) is 4.98 Å². The van der Waals surface area contributed by atoms with Crippen molar-refractivity contribution in [3.8, 4) is 5.75 Å². The Labute approximate surface area is 119 Å². The van der Waals surface area contributed by atoms with E-state index in [9.17, 15) is 15.2 Å². The monoisotopic (exact) mass is 282 g/mol. The van der Waals surface area contributed by atoms with Gasteiger partial charge in [0.05, 0.1) is 11.8 Å². The normalized spacial score (nSPS) is 11.2. The van der Waals surface area contributed by atoms with Gasteiger partial charge in [-0.15, -0.1) is 0 Å². The zero-order chi connectivity index (χ0) is 14.8. The van der Waals surface area contributed by atoms with Crippen LogP contribution < -0.4 is 0 Å². The number of pyridine rings is 1. The average molecular weight is 282 g/mol. The van der Waals surface area contributed by atoms with Crippen LogP contribution in [0, 0.1) is 10.1 Å². The van der Waals surface area contributed by atoms with E-state index in [0.29, 0.717) is 17.0 Å². The topological polar surface area (TPSA) is 89.4 Å². The van der Waals surface area contributed by atoms with E-state index in [2.05, 4.69) is 4.98 Å². The number of benzene rings is 1. The number of para-hydroxylation sites is 1. The summed E-state index contributed by atoms with van der Waals surface area (Å²) in [7, 11) is 0. The van der Waals surface area contributed by atoms with Gasteiger partial charge in [0.2, 0.25) is 0 Å². The summed E-state index contributed by atoms with van der Waals surface area (Å²) in [4.78, 5) is 14.2. The van der Waals surface area contributed by atoms with Gasteiger partial charge in [-0.2, -0.15) is 0 Å². The van der Waals surface area contributed by atoms with E-state index in [0.717, 1.165) is 5.39 Å². The van der Waals surface area contributed by atoms with Crippen LogP contribution in [0.5, 0.6) is 5.75 Å². The maximum Gasteiger partial charge on any atom is 0.433 e. The molecule has 0 radical (unpaired) electrons. The van der Waals surface area contributed by atoms with Crippen LogP contribution in [0.4, 0.5) is 5.88 Å². The van der Waals surface area contributed by atoms with Crippen molar-refractivity contribution >= 4 is 28.9 Å². The van der Waals surface area contributed by atoms with Crippen LogP contribution in [-0.4, -0.2) is 15.0 Å². The quantitative estimate of drug-likeness (QED) is 0.585. The van der Waals surface area contributed by atoms with Crippen LogP contribution >= 0.6 is 0 Å². The zero-order valence-electron chi connectivity index (χ0n) is 10.8. The molecule has 6 heteroatoms. The van der Waals surface area contributed by atoms with Crippen LogP contribution in [0.25, 0.3) is 23.1 Å². The lowest BCUT2D eigenvalue weighted by molar-refractivity contribution is -0.402. The van der Waals surface area contributed by atoms with Crippen molar-refractivity contribution in [3.05, 3.63) is 64.0 Å². The summed E-state index contributed by atoms with van der Waals surface area (Å²) in [6.45, 7) is 0. The first kappa shape index (κ1) is 12.9. The van der Waals surface area contributed by atoms with Crippen LogP contribution in [0.2, 0.25) is 0 Å². The minimum atomic E-state index is -0.594. The first-order valence-electron chi connectivity index (χ1n) is 6.14. The van der Waals surface area contributed by atoms with Crippen molar-refractivity contribution in [2.75, 3.05) is 0 Å². The molecular weight excluding hydrogens is 272 g/mol. The molecule has 0 saturated heterocycles. The Morgan fingerprint density at radius 3 is 2.76 bits per heavy atom. The number of phenols is 1. The highest BCUT2D eigenvalue weighted by Gasteiger charge is 2.09. The predicted molar refractivity (Wildman–Crippen MR) is 77.7 cm³/mol. The SMILES string of the molecule is O=[N+]([O-])c1ccc(/C=C\c2ccc3cccc(O)c3n2)o1. The summed E-state index contributed by atoms with van der Waals surface area (Å²) in [5, 5.41) is 21.1. The summed E-state index contributed by atoms with van der Waals surface area (Å²) in [5.41, 5.74) is 1.12. The van der Waals surface area contributed by atoms with Gasteiger partial charge in [-0.05, 0) is 30.4 Å². The third-order valence-electron chi connectivity index (χ3n) is 2.93. The lowest BCUT2D eigenvalue weighted by Gasteiger charge is -2.00. The Balaban J connectivity index is 1.91. The Morgan fingerprint density at radius 2 is 2.00 bits per heavy atom. The molecule has 0 aliphatic rings. The van der Waals surface area contributed by atoms with Crippen molar-refractivity contribution in [1.29, 1.82) is 0 Å². The number of aromatic nitrogens is 1. The largest absolute Gasteiger partial charge is 0.506 e. The number of nitro groups is 1. The van der Waals surface area contributed by atoms with Crippen molar-refractivity contribution in [2.24, 2.45) is 0 Å². The first-order chi connectivity index (χ1) is 10.1. The zero-order valence-corrected chi connectivity index (χ0v) is 10.8. The molecular formula is C15H10N2O4. The number of fused-ring (bicyclic) bond motifs is 1. The fourth-order valence-electron chi connectivity index (χ4n) is 1.94. The molecule has 3 aromatic rings. The van der Waals surface area contributed by atoms with E-state index in [-0.39, 0.29) is 11.6 Å². The second-order valence-corrected chi connectivity index (χ2v) is 4.35. The molecule has 6 nitrogen and oxygen atoms in total. The first-order valence-corrected chi connectivity index (χ1v) is 6.14. The molecule has 0 amide bonds. The summed E-state index contributed by atoms with van der Waals surface area (Å²) in [6.07, 6.45) is 3.25. The van der Waals surface area contributed by atoms with Crippen LogP contribution in [0.3, 0.4) is 0 Å². The maximum absolute atomic E-state index is 10.5. The lowest BCUT2D eigenvalue weighted by Crippen LogP contribution is -1.83. The molecule has 0 fully saturated rings. The molecule has 0 saturated carbocycles. The van der Waals surface area contributed by atoms with Gasteiger partial charge in [0.1, 0.15) is 21.9 Å². The van der Waals surface area contributed by atoms with Crippen molar-refractivity contribution < 1.29 is 14.4 Å². The van der Waals surface area contributed by atoms with Crippen LogP contribution in [0.15, 0.2) is 46.9 Å². The number of phenolic OH excluding ortho intramolecular Hbond substituents is 1. The van der Waals surface area contributed by atoms with E-state index < -0.39 is 4.92 Å². The highest BCUT2D eigenvalue weighted by Crippen LogP contribution is 2.23. The molecule has 0 bridgehead atoms. The number of furan rings is 1. The molecule has 3 rings (SSSR count). The Kier molecular flexibility index (Phi) is 3.12. The third-order valence-corrected chi connectivity index (χ3v) is 2.93.